The first kappa shape index (κ1) is 12.9. The van der Waals surface area contributed by atoms with E-state index in [1.807, 2.05) is 19.1 Å². The summed E-state index contributed by atoms with van der Waals surface area (Å²) in [7, 11) is 0. The van der Waals surface area contributed by atoms with Crippen LogP contribution >= 0.6 is 38.9 Å². The highest BCUT2D eigenvalue weighted by atomic mass is 79.9. The fraction of sp³-hybridized carbons (Fsp3) is 0.250. The van der Waals surface area contributed by atoms with Gasteiger partial charge in [0.15, 0.2) is 0 Å². The van der Waals surface area contributed by atoms with Gasteiger partial charge in [-0.25, -0.2) is 4.98 Å². The van der Waals surface area contributed by atoms with Crippen molar-refractivity contribution in [3.05, 3.63) is 43.3 Å². The van der Waals surface area contributed by atoms with Crippen LogP contribution in [0.4, 0.5) is 0 Å². The number of hydrogen-bond acceptors (Lipinski definition) is 3. The molecule has 2 nitrogen and oxygen atoms in total. The van der Waals surface area contributed by atoms with Gasteiger partial charge in [-0.15, -0.1) is 11.3 Å². The summed E-state index contributed by atoms with van der Waals surface area (Å²) in [6.45, 7) is 4.51. The molecule has 0 spiro atoms. The van der Waals surface area contributed by atoms with E-state index >= 15 is 0 Å². The number of aromatic nitrogens is 1. The molecule has 2 aromatic rings. The molecule has 0 bridgehead atoms. The third-order valence-electron chi connectivity index (χ3n) is 2.32. The van der Waals surface area contributed by atoms with Crippen LogP contribution in [0, 0.1) is 13.8 Å². The molecule has 2 rings (SSSR count). The largest absolute Gasteiger partial charge is 0.485 e. The summed E-state index contributed by atoms with van der Waals surface area (Å²) in [5, 5.41) is 1.58. The normalized spacial score (nSPS) is 10.6. The van der Waals surface area contributed by atoms with Crippen molar-refractivity contribution in [2.24, 2.45) is 0 Å². The maximum atomic E-state index is 6.04. The van der Waals surface area contributed by atoms with Crippen LogP contribution in [0.5, 0.6) is 5.75 Å². The summed E-state index contributed by atoms with van der Waals surface area (Å²) in [5.41, 5.74) is 1.06. The van der Waals surface area contributed by atoms with Gasteiger partial charge in [0.05, 0.1) is 10.7 Å². The van der Waals surface area contributed by atoms with Crippen molar-refractivity contribution in [1.82, 2.24) is 4.98 Å². The summed E-state index contributed by atoms with van der Waals surface area (Å²) in [6, 6.07) is 5.54. The SMILES string of the molecule is Cc1nc(COc2cc(Br)ccc2Cl)sc1C. The number of hydrogen-bond donors (Lipinski definition) is 0. The van der Waals surface area contributed by atoms with Crippen LogP contribution in [-0.2, 0) is 6.61 Å². The maximum Gasteiger partial charge on any atom is 0.140 e. The van der Waals surface area contributed by atoms with Crippen LogP contribution < -0.4 is 4.74 Å². The number of benzene rings is 1. The zero-order chi connectivity index (χ0) is 12.4. The van der Waals surface area contributed by atoms with Crippen molar-refractivity contribution in [2.45, 2.75) is 20.5 Å². The topological polar surface area (TPSA) is 22.1 Å². The zero-order valence-corrected chi connectivity index (χ0v) is 12.6. The van der Waals surface area contributed by atoms with Crippen LogP contribution in [0.25, 0.3) is 0 Å². The molecule has 0 radical (unpaired) electrons. The Hall–Kier alpha value is -0.580. The maximum absolute atomic E-state index is 6.04. The molecule has 0 aliphatic carbocycles. The summed E-state index contributed by atoms with van der Waals surface area (Å²) < 4.78 is 6.61. The zero-order valence-electron chi connectivity index (χ0n) is 9.46. The van der Waals surface area contributed by atoms with Gasteiger partial charge in [-0.2, -0.15) is 0 Å². The Labute approximate surface area is 118 Å². The molecular weight excluding hydrogens is 322 g/mol. The van der Waals surface area contributed by atoms with Gasteiger partial charge in [-0.3, -0.25) is 0 Å². The highest BCUT2D eigenvalue weighted by molar-refractivity contribution is 9.10. The Morgan fingerprint density at radius 3 is 2.82 bits per heavy atom. The summed E-state index contributed by atoms with van der Waals surface area (Å²) in [4.78, 5) is 5.64. The number of aryl methyl sites for hydroxylation is 2. The van der Waals surface area contributed by atoms with Crippen molar-refractivity contribution in [3.63, 3.8) is 0 Å². The van der Waals surface area contributed by atoms with Crippen molar-refractivity contribution >= 4 is 38.9 Å². The van der Waals surface area contributed by atoms with Crippen molar-refractivity contribution in [1.29, 1.82) is 0 Å². The minimum atomic E-state index is 0.454. The number of rotatable bonds is 3. The quantitative estimate of drug-likeness (QED) is 0.809. The lowest BCUT2D eigenvalue weighted by Gasteiger charge is -2.06. The second kappa shape index (κ2) is 5.38. The smallest absolute Gasteiger partial charge is 0.140 e. The molecule has 0 fully saturated rings. The van der Waals surface area contributed by atoms with Crippen molar-refractivity contribution in [3.8, 4) is 5.75 Å². The Morgan fingerprint density at radius 2 is 2.18 bits per heavy atom. The fourth-order valence-corrected chi connectivity index (χ4v) is 2.69. The first-order valence-electron chi connectivity index (χ1n) is 5.07. The molecule has 0 unspecified atom stereocenters. The second-order valence-corrected chi connectivity index (χ2v) is 6.22. The molecule has 1 aromatic heterocycles. The molecule has 0 saturated carbocycles. The van der Waals surface area contributed by atoms with Gasteiger partial charge in [0.25, 0.3) is 0 Å². The number of ether oxygens (including phenoxy) is 1. The van der Waals surface area contributed by atoms with Gasteiger partial charge >= 0.3 is 0 Å². The van der Waals surface area contributed by atoms with Crippen molar-refractivity contribution < 1.29 is 4.74 Å². The Bertz CT molecular complexity index is 522. The molecule has 17 heavy (non-hydrogen) atoms. The number of nitrogens with zero attached hydrogens (tertiary/aromatic N) is 1. The molecule has 90 valence electrons. The highest BCUT2D eigenvalue weighted by Crippen LogP contribution is 2.29. The van der Waals surface area contributed by atoms with E-state index in [9.17, 15) is 0 Å². The monoisotopic (exact) mass is 331 g/mol. The Balaban J connectivity index is 2.09. The predicted octanol–water partition coefficient (Wildman–Crippen LogP) is 4.75. The van der Waals surface area contributed by atoms with Gasteiger partial charge in [-0.1, -0.05) is 27.5 Å². The van der Waals surface area contributed by atoms with Crippen LogP contribution in [0.15, 0.2) is 22.7 Å². The van der Waals surface area contributed by atoms with E-state index in [0.717, 1.165) is 15.2 Å². The molecule has 0 aliphatic heterocycles. The molecule has 0 saturated heterocycles. The fourth-order valence-electron chi connectivity index (χ4n) is 1.33. The molecule has 1 aromatic carbocycles. The minimum absolute atomic E-state index is 0.454. The molecule has 1 heterocycles. The highest BCUT2D eigenvalue weighted by Gasteiger charge is 2.06. The van der Waals surface area contributed by atoms with E-state index in [2.05, 4.69) is 27.8 Å². The van der Waals surface area contributed by atoms with E-state index < -0.39 is 0 Å². The first-order valence-corrected chi connectivity index (χ1v) is 7.06. The van der Waals surface area contributed by atoms with E-state index in [0.29, 0.717) is 17.4 Å². The second-order valence-electron chi connectivity index (χ2n) is 3.61. The minimum Gasteiger partial charge on any atom is -0.485 e. The molecule has 0 N–H and O–H groups in total. The first-order chi connectivity index (χ1) is 8.06. The van der Waals surface area contributed by atoms with E-state index in [-0.39, 0.29) is 0 Å². The molecule has 0 atom stereocenters. The molecular formula is C12H11BrClNOS. The van der Waals surface area contributed by atoms with Gasteiger partial charge in [-0.05, 0) is 32.0 Å². The molecule has 5 heteroatoms. The molecule has 0 amide bonds. The third-order valence-corrected chi connectivity index (χ3v) is 4.17. The van der Waals surface area contributed by atoms with Gasteiger partial charge in [0.1, 0.15) is 17.4 Å². The predicted molar refractivity (Wildman–Crippen MR) is 75.1 cm³/mol. The molecule has 0 aliphatic rings. The standard InChI is InChI=1S/C12H11BrClNOS/c1-7-8(2)17-12(15-7)6-16-11-5-9(13)3-4-10(11)14/h3-5H,6H2,1-2H3. The summed E-state index contributed by atoms with van der Waals surface area (Å²) in [5.74, 6) is 0.673. The van der Waals surface area contributed by atoms with Gasteiger partial charge in [0.2, 0.25) is 0 Å². The Morgan fingerprint density at radius 1 is 1.41 bits per heavy atom. The van der Waals surface area contributed by atoms with Crippen LogP contribution in [0.3, 0.4) is 0 Å². The van der Waals surface area contributed by atoms with Crippen molar-refractivity contribution in [2.75, 3.05) is 0 Å². The average Bonchev–Trinajstić information content (AvgIpc) is 2.60. The van der Waals surface area contributed by atoms with Crippen LogP contribution in [0.2, 0.25) is 5.02 Å². The van der Waals surface area contributed by atoms with Gasteiger partial charge < -0.3 is 4.74 Å². The van der Waals surface area contributed by atoms with E-state index in [1.54, 1.807) is 17.4 Å². The van der Waals surface area contributed by atoms with Crippen LogP contribution in [-0.4, -0.2) is 4.98 Å². The lowest BCUT2D eigenvalue weighted by Crippen LogP contribution is -1.95. The lowest BCUT2D eigenvalue weighted by atomic mass is 10.3. The summed E-state index contributed by atoms with van der Waals surface area (Å²) >= 11 is 11.1. The third kappa shape index (κ3) is 3.21. The number of thiazole rings is 1. The average molecular weight is 333 g/mol. The van der Waals surface area contributed by atoms with Gasteiger partial charge in [0, 0.05) is 9.35 Å². The lowest BCUT2D eigenvalue weighted by molar-refractivity contribution is 0.305. The summed E-state index contributed by atoms with van der Waals surface area (Å²) in [6.07, 6.45) is 0. The number of halogens is 2. The van der Waals surface area contributed by atoms with E-state index in [1.165, 1.54) is 4.88 Å². The van der Waals surface area contributed by atoms with Crippen LogP contribution in [0.1, 0.15) is 15.6 Å². The Kier molecular flexibility index (Phi) is 4.07. The van der Waals surface area contributed by atoms with E-state index in [4.69, 9.17) is 16.3 Å².